The number of ether oxygens (including phenoxy) is 1. The smallest absolute Gasteiger partial charge is 0.387 e. The highest BCUT2D eigenvalue weighted by atomic mass is 31.3. The number of aliphatic hydroxyl groups excluding tert-OH is 2. The first kappa shape index (κ1) is 26.3. The lowest BCUT2D eigenvalue weighted by Crippen LogP contribution is -2.47. The van der Waals surface area contributed by atoms with Crippen LogP contribution in [0, 0.1) is 0 Å². The van der Waals surface area contributed by atoms with Gasteiger partial charge in [-0.15, -0.1) is 0 Å². The maximum absolute atomic E-state index is 11.9. The first-order valence-corrected chi connectivity index (χ1v) is 12.7. The van der Waals surface area contributed by atoms with Crippen molar-refractivity contribution in [3.63, 3.8) is 0 Å². The first-order valence-electron chi connectivity index (χ1n) is 8.15. The minimum Gasteiger partial charge on any atom is -0.387 e. The Labute approximate surface area is 175 Å². The maximum Gasteiger partial charge on any atom is 0.490 e. The third kappa shape index (κ3) is 6.53. The number of aliphatic hydroxyl groups is 2. The number of nitrogens with one attached hydrogen (secondary N) is 1. The Kier molecular flexibility index (Phi) is 7.43. The SMILES string of the molecule is C=C1NC(=O)C(C)=CN1[C@@H]1O[C@](C)(COP(=O)(O)OP(=O)(O)OP(=O)(O)O)[C@H](O)C1O. The number of carbonyl (C=O) groups is 1. The predicted octanol–water partition coefficient (Wildman–Crippen LogP) is -1.03. The van der Waals surface area contributed by atoms with Gasteiger partial charge < -0.3 is 44.7 Å². The summed E-state index contributed by atoms with van der Waals surface area (Å²) >= 11 is 0. The van der Waals surface area contributed by atoms with E-state index < -0.39 is 60.0 Å². The second-order valence-electron chi connectivity index (χ2n) is 6.74. The number of phosphoric acid groups is 3. The lowest BCUT2D eigenvalue weighted by atomic mass is 9.98. The van der Waals surface area contributed by atoms with Crippen molar-refractivity contribution in [3.05, 3.63) is 24.2 Å². The van der Waals surface area contributed by atoms with Gasteiger partial charge in [0, 0.05) is 11.8 Å². The molecule has 178 valence electrons. The number of carbonyl (C=O) groups excluding carboxylic acids is 1. The molecule has 2 aliphatic heterocycles. The average molecular weight is 510 g/mol. The van der Waals surface area contributed by atoms with Gasteiger partial charge in [-0.25, -0.2) is 13.7 Å². The van der Waals surface area contributed by atoms with E-state index >= 15 is 0 Å². The summed E-state index contributed by atoms with van der Waals surface area (Å²) < 4.78 is 51.1. The molecule has 16 nitrogen and oxygen atoms in total. The summed E-state index contributed by atoms with van der Waals surface area (Å²) in [6.45, 7) is 5.21. The van der Waals surface area contributed by atoms with E-state index in [1.54, 1.807) is 0 Å². The molecule has 0 aliphatic carbocycles. The second kappa shape index (κ2) is 8.76. The Morgan fingerprint density at radius 2 is 1.77 bits per heavy atom. The summed E-state index contributed by atoms with van der Waals surface area (Å²) in [7, 11) is -16.8. The van der Waals surface area contributed by atoms with Crippen molar-refractivity contribution in [3.8, 4) is 0 Å². The largest absolute Gasteiger partial charge is 0.490 e. The summed E-state index contributed by atoms with van der Waals surface area (Å²) in [5.41, 5.74) is -1.67. The highest BCUT2D eigenvalue weighted by molar-refractivity contribution is 7.66. The van der Waals surface area contributed by atoms with Gasteiger partial charge in [0.2, 0.25) is 0 Å². The molecule has 0 bridgehead atoms. The van der Waals surface area contributed by atoms with Crippen molar-refractivity contribution in [1.29, 1.82) is 0 Å². The molecule has 0 spiro atoms. The molecule has 2 rings (SSSR count). The molecule has 2 heterocycles. The predicted molar refractivity (Wildman–Crippen MR) is 98.0 cm³/mol. The highest BCUT2D eigenvalue weighted by Gasteiger charge is 2.55. The normalized spacial score (nSPS) is 33.5. The fraction of sp³-hybridized carbons (Fsp3) is 0.583. The van der Waals surface area contributed by atoms with Crippen LogP contribution in [0.3, 0.4) is 0 Å². The monoisotopic (exact) mass is 510 g/mol. The molecule has 0 aromatic rings. The van der Waals surface area contributed by atoms with E-state index in [4.69, 9.17) is 19.4 Å². The molecular formula is C12H21N2O14P3. The van der Waals surface area contributed by atoms with E-state index in [2.05, 4.69) is 25.0 Å². The number of amides is 1. The Bertz CT molecular complexity index is 932. The fourth-order valence-corrected chi connectivity index (χ4v) is 5.77. The van der Waals surface area contributed by atoms with E-state index in [9.17, 15) is 33.6 Å². The van der Waals surface area contributed by atoms with Crippen LogP contribution >= 0.6 is 23.5 Å². The van der Waals surface area contributed by atoms with Crippen molar-refractivity contribution in [2.24, 2.45) is 0 Å². The van der Waals surface area contributed by atoms with Crippen molar-refractivity contribution >= 4 is 29.4 Å². The van der Waals surface area contributed by atoms with Gasteiger partial charge in [-0.05, 0) is 13.8 Å². The van der Waals surface area contributed by atoms with Crippen LogP contribution in [0.4, 0.5) is 0 Å². The van der Waals surface area contributed by atoms with Crippen LogP contribution in [0.25, 0.3) is 0 Å². The van der Waals surface area contributed by atoms with E-state index in [1.807, 2.05) is 0 Å². The maximum atomic E-state index is 11.9. The summed E-state index contributed by atoms with van der Waals surface area (Å²) in [6, 6.07) is 0. The molecule has 6 atom stereocenters. The number of hydrogen-bond acceptors (Lipinski definition) is 11. The lowest BCUT2D eigenvalue weighted by molar-refractivity contribution is -0.129. The van der Waals surface area contributed by atoms with Crippen molar-refractivity contribution < 1.29 is 66.2 Å². The molecule has 31 heavy (non-hydrogen) atoms. The average Bonchev–Trinajstić information content (AvgIpc) is 2.78. The highest BCUT2D eigenvalue weighted by Crippen LogP contribution is 2.66. The van der Waals surface area contributed by atoms with Gasteiger partial charge in [-0.2, -0.15) is 8.62 Å². The molecule has 2 aliphatic rings. The molecule has 1 amide bonds. The van der Waals surface area contributed by atoms with Crippen LogP contribution in [0.5, 0.6) is 0 Å². The third-order valence-corrected chi connectivity index (χ3v) is 7.88. The summed E-state index contributed by atoms with van der Waals surface area (Å²) in [4.78, 5) is 48.6. The third-order valence-electron chi connectivity index (χ3n) is 4.10. The van der Waals surface area contributed by atoms with Crippen LogP contribution in [0.15, 0.2) is 24.2 Å². The number of phosphoric ester groups is 1. The Morgan fingerprint density at radius 3 is 2.32 bits per heavy atom. The standard InChI is InChI=1S/C12H21N2O14P3/c1-6-4-14(7(2)13-10(6)17)11-8(15)9(16)12(3,26-11)5-25-30(21,22)28-31(23,24)27-29(18,19)20/h4,8-9,11,15-16H,2,5H2,1,3H3,(H,13,17)(H,21,22)(H,23,24)(H2,18,19,20)/t8?,9-,11-,12-/m1/s1. The molecule has 19 heteroatoms. The van der Waals surface area contributed by atoms with Crippen molar-refractivity contribution in [2.75, 3.05) is 6.61 Å². The van der Waals surface area contributed by atoms with Gasteiger partial charge in [0.1, 0.15) is 23.6 Å². The fourth-order valence-electron chi connectivity index (χ4n) is 2.65. The minimum atomic E-state index is -5.72. The molecule has 0 radical (unpaired) electrons. The molecule has 1 saturated heterocycles. The second-order valence-corrected chi connectivity index (χ2v) is 11.2. The Balaban J connectivity index is 2.12. The molecular weight excluding hydrogens is 489 g/mol. The quantitative estimate of drug-likeness (QED) is 0.193. The zero-order valence-corrected chi connectivity index (χ0v) is 18.6. The van der Waals surface area contributed by atoms with Gasteiger partial charge in [-0.3, -0.25) is 9.32 Å². The molecule has 1 fully saturated rings. The number of rotatable bonds is 8. The summed E-state index contributed by atoms with van der Waals surface area (Å²) in [5.74, 6) is -0.450. The van der Waals surface area contributed by atoms with Crippen LogP contribution in [0.1, 0.15) is 13.8 Å². The van der Waals surface area contributed by atoms with Crippen molar-refractivity contribution in [1.82, 2.24) is 10.2 Å². The number of nitrogens with zero attached hydrogens (tertiary/aromatic N) is 1. The van der Waals surface area contributed by atoms with Gasteiger partial charge in [0.15, 0.2) is 6.23 Å². The summed E-state index contributed by atoms with van der Waals surface area (Å²) in [6.07, 6.45) is -3.41. The van der Waals surface area contributed by atoms with Gasteiger partial charge >= 0.3 is 23.5 Å². The van der Waals surface area contributed by atoms with Gasteiger partial charge in [0.25, 0.3) is 5.91 Å². The number of hydrogen-bond donors (Lipinski definition) is 7. The molecule has 3 unspecified atom stereocenters. The minimum absolute atomic E-state index is 0.00369. The van der Waals surface area contributed by atoms with Crippen LogP contribution in [0.2, 0.25) is 0 Å². The zero-order chi connectivity index (χ0) is 24.0. The first-order chi connectivity index (χ1) is 13.9. The summed E-state index contributed by atoms with van der Waals surface area (Å²) in [5, 5.41) is 23.1. The van der Waals surface area contributed by atoms with Crippen molar-refractivity contribution in [2.45, 2.75) is 37.9 Å². The molecule has 7 N–H and O–H groups in total. The van der Waals surface area contributed by atoms with Gasteiger partial charge in [0.05, 0.1) is 6.61 Å². The van der Waals surface area contributed by atoms with E-state index in [-0.39, 0.29) is 11.4 Å². The zero-order valence-electron chi connectivity index (χ0n) is 16.0. The van der Waals surface area contributed by atoms with E-state index in [1.165, 1.54) is 18.0 Å². The van der Waals surface area contributed by atoms with E-state index in [0.717, 1.165) is 6.92 Å². The molecule has 0 aromatic heterocycles. The van der Waals surface area contributed by atoms with Crippen LogP contribution in [-0.4, -0.2) is 71.2 Å². The Morgan fingerprint density at radius 1 is 1.19 bits per heavy atom. The lowest BCUT2D eigenvalue weighted by Gasteiger charge is -2.34. The van der Waals surface area contributed by atoms with E-state index in [0.29, 0.717) is 0 Å². The molecule has 0 aromatic carbocycles. The van der Waals surface area contributed by atoms with Gasteiger partial charge in [-0.1, -0.05) is 6.58 Å². The van der Waals surface area contributed by atoms with Crippen LogP contribution in [-0.2, 0) is 36.4 Å². The Hall–Kier alpha value is -0.960. The van der Waals surface area contributed by atoms with Crippen LogP contribution < -0.4 is 5.32 Å². The molecule has 0 saturated carbocycles. The topological polar surface area (TPSA) is 242 Å².